The Morgan fingerprint density at radius 3 is 1.32 bits per heavy atom. The van der Waals surface area contributed by atoms with Crippen LogP contribution in [0.4, 0.5) is 9.59 Å². The molecule has 4 aliphatic heterocycles. The van der Waals surface area contributed by atoms with Crippen LogP contribution in [0.15, 0.2) is 60.7 Å². The first-order chi connectivity index (χ1) is 39.4. The average Bonchev–Trinajstić information content (AvgIpc) is 1.89. The molecule has 12 atom stereocenters. The van der Waals surface area contributed by atoms with Gasteiger partial charge in [0.25, 0.3) is 0 Å². The van der Waals surface area contributed by atoms with Crippen LogP contribution in [0.3, 0.4) is 0 Å². The number of fused-ring (bicyclic) bond motifs is 4. The number of thioether (sulfide) groups is 2. The van der Waals surface area contributed by atoms with Gasteiger partial charge >= 0.3 is 12.2 Å². The second-order valence-electron chi connectivity index (χ2n) is 26.6. The van der Waals surface area contributed by atoms with Crippen LogP contribution in [-0.2, 0) is 60.6 Å². The fourth-order valence-electron chi connectivity index (χ4n) is 12.4. The predicted molar refractivity (Wildman–Crippen MR) is 321 cm³/mol. The van der Waals surface area contributed by atoms with Crippen molar-refractivity contribution in [1.82, 2.24) is 40.9 Å². The van der Waals surface area contributed by atoms with Gasteiger partial charge in [0.15, 0.2) is 0 Å². The van der Waals surface area contributed by atoms with Gasteiger partial charge in [-0.15, -0.1) is 23.5 Å². The van der Waals surface area contributed by atoms with Crippen LogP contribution >= 0.6 is 23.5 Å². The second kappa shape index (κ2) is 25.6. The largest absolute Gasteiger partial charge is 0.444 e. The van der Waals surface area contributed by atoms with E-state index in [1.54, 1.807) is 88.7 Å². The highest BCUT2D eigenvalue weighted by Crippen LogP contribution is 2.49. The maximum atomic E-state index is 14.8. The first-order valence-corrected chi connectivity index (χ1v) is 31.5. The molecule has 460 valence electrons. The predicted octanol–water partition coefficient (Wildman–Crippen LogP) is 6.80. The van der Waals surface area contributed by atoms with Gasteiger partial charge in [-0.25, -0.2) is 9.59 Å². The van der Waals surface area contributed by atoms with Gasteiger partial charge in [0, 0.05) is 26.9 Å². The molecular weight excluding hydrogens is 1110 g/mol. The summed E-state index contributed by atoms with van der Waals surface area (Å²) in [5, 5.41) is 11.9. The van der Waals surface area contributed by atoms with Gasteiger partial charge in [-0.3, -0.25) is 38.6 Å². The van der Waals surface area contributed by atoms with Crippen LogP contribution in [0.2, 0.25) is 0 Å². The van der Waals surface area contributed by atoms with Crippen molar-refractivity contribution in [2.24, 2.45) is 10.8 Å². The monoisotopic (exact) mass is 1200 g/mol. The lowest BCUT2D eigenvalue weighted by Gasteiger charge is -2.35. The molecule has 0 unspecified atom stereocenters. The molecule has 4 N–H and O–H groups in total. The summed E-state index contributed by atoms with van der Waals surface area (Å²) in [4.78, 5) is 117. The number of hydrogen-bond acceptors (Lipinski definition) is 14. The van der Waals surface area contributed by atoms with Crippen LogP contribution < -0.4 is 21.3 Å². The minimum atomic E-state index is -0.926. The van der Waals surface area contributed by atoms with Crippen LogP contribution in [-0.4, -0.2) is 176 Å². The number of nitrogens with one attached hydrogen (secondary N) is 4. The minimum Gasteiger partial charge on any atom is -0.444 e. The van der Waals surface area contributed by atoms with E-state index in [0.717, 1.165) is 22.3 Å². The lowest BCUT2D eigenvalue weighted by atomic mass is 9.83. The van der Waals surface area contributed by atoms with Crippen molar-refractivity contribution < 1.29 is 57.3 Å². The lowest BCUT2D eigenvalue weighted by molar-refractivity contribution is -0.144. The number of benzene rings is 2. The first kappa shape index (κ1) is 64.2. The number of rotatable bonds is 16. The average molecular weight is 1200 g/mol. The molecular formula is C62H88N8O12S2. The molecule has 8 amide bonds. The number of carbonyl (C=O) groups is 8. The molecule has 22 heteroatoms. The Balaban J connectivity index is 0.891. The Morgan fingerprint density at radius 1 is 0.607 bits per heavy atom. The highest BCUT2D eigenvalue weighted by atomic mass is 32.2. The maximum Gasteiger partial charge on any atom is 0.410 e. The molecule has 6 aliphatic rings. The molecule has 2 aromatic rings. The summed E-state index contributed by atoms with van der Waals surface area (Å²) in [5.41, 5.74) is 1.23. The standard InChI is InChI=1S/C62H88N8O12S2/c1-35(67(13)57(77)81-59(3,4)5)51(71)63-41-25-29-83-45-33-61(9,10)49(69(45)55(41)75)53(73)65-47-39-23-17-15-21-37(39)31-43(47)79-27-19-20-28-80-44-32-38-22-16-18-24-40(38)48(44)66-54(74)50-62(11,12)34-46-70(50)56(76)42(26-30-84-46)64-52(72)36(2)68(14)58(78)82-60(6,7)8/h15-24,35-36,41-50H,25-34H2,1-14H3,(H,63,71)(H,64,72)(H,65,73)(H,66,74)/b20-19+/t35-,36-,41-,42-,43+,44+,45-,46-,47-,48-,49+,50+/m0/s1. The van der Waals surface area contributed by atoms with Crippen LogP contribution in [0, 0.1) is 10.8 Å². The van der Waals surface area contributed by atoms with Crippen molar-refractivity contribution in [3.63, 3.8) is 0 Å². The molecule has 0 aromatic heterocycles. The van der Waals surface area contributed by atoms with Crippen molar-refractivity contribution in [3.8, 4) is 0 Å². The number of nitrogens with zero attached hydrogens (tertiary/aromatic N) is 4. The van der Waals surface area contributed by atoms with E-state index in [9.17, 15) is 38.4 Å². The Labute approximate surface area is 503 Å². The molecule has 0 saturated carbocycles. The molecule has 4 saturated heterocycles. The van der Waals surface area contributed by atoms with E-state index in [0.29, 0.717) is 50.0 Å². The van der Waals surface area contributed by atoms with Gasteiger partial charge < -0.3 is 50.0 Å². The summed E-state index contributed by atoms with van der Waals surface area (Å²) in [6.07, 6.45) is 4.57. The molecule has 8 rings (SSSR count). The molecule has 0 bridgehead atoms. The summed E-state index contributed by atoms with van der Waals surface area (Å²) in [5.74, 6) is -1.13. The van der Waals surface area contributed by atoms with E-state index < -0.39 is 107 Å². The highest BCUT2D eigenvalue weighted by Gasteiger charge is 2.57. The van der Waals surface area contributed by atoms with E-state index in [4.69, 9.17) is 18.9 Å². The normalized spacial score (nSPS) is 27.7. The summed E-state index contributed by atoms with van der Waals surface area (Å²) in [7, 11) is 2.97. The molecule has 4 heterocycles. The quantitative estimate of drug-likeness (QED) is 0.127. The van der Waals surface area contributed by atoms with Crippen molar-refractivity contribution in [2.75, 3.05) is 38.8 Å². The zero-order valence-electron chi connectivity index (χ0n) is 51.3. The number of hydrogen-bond donors (Lipinski definition) is 4. The zero-order chi connectivity index (χ0) is 61.4. The van der Waals surface area contributed by atoms with E-state index in [1.807, 2.05) is 88.4 Å². The van der Waals surface area contributed by atoms with Crippen LogP contribution in [0.5, 0.6) is 0 Å². The Morgan fingerprint density at radius 2 is 0.964 bits per heavy atom. The maximum absolute atomic E-state index is 14.8. The lowest BCUT2D eigenvalue weighted by Crippen LogP contribution is -2.58. The zero-order valence-corrected chi connectivity index (χ0v) is 52.9. The second-order valence-corrected chi connectivity index (χ2v) is 29.1. The van der Waals surface area contributed by atoms with E-state index in [1.165, 1.54) is 23.9 Å². The molecule has 4 fully saturated rings. The molecule has 2 aliphatic carbocycles. The third-order valence-corrected chi connectivity index (χ3v) is 19.5. The summed E-state index contributed by atoms with van der Waals surface area (Å²) in [6.45, 7) is 22.0. The summed E-state index contributed by atoms with van der Waals surface area (Å²) in [6, 6.07) is 9.45. The smallest absolute Gasteiger partial charge is 0.410 e. The van der Waals surface area contributed by atoms with Gasteiger partial charge in [-0.05, 0) is 126 Å². The fraction of sp³-hybridized carbons (Fsp3) is 0.645. The van der Waals surface area contributed by atoms with E-state index in [-0.39, 0.29) is 47.6 Å². The number of likely N-dealkylation sites (N-methyl/N-ethyl adjacent to an activating group) is 2. The molecule has 2 aromatic carbocycles. The summed E-state index contributed by atoms with van der Waals surface area (Å²) >= 11 is 3.20. The summed E-state index contributed by atoms with van der Waals surface area (Å²) < 4.78 is 24.1. The van der Waals surface area contributed by atoms with Crippen LogP contribution in [0.1, 0.15) is 143 Å². The third kappa shape index (κ3) is 14.3. The molecule has 84 heavy (non-hydrogen) atoms. The van der Waals surface area contributed by atoms with Gasteiger partial charge in [-0.2, -0.15) is 0 Å². The molecule has 0 radical (unpaired) electrons. The van der Waals surface area contributed by atoms with Crippen molar-refractivity contribution in [3.05, 3.63) is 82.9 Å². The van der Waals surface area contributed by atoms with Crippen LogP contribution in [0.25, 0.3) is 0 Å². The Hall–Kier alpha value is -5.84. The van der Waals surface area contributed by atoms with Gasteiger partial charge in [0.05, 0.1) is 48.3 Å². The first-order valence-electron chi connectivity index (χ1n) is 29.4. The minimum absolute atomic E-state index is 0.210. The topological polar surface area (TPSA) is 235 Å². The van der Waals surface area contributed by atoms with Crippen molar-refractivity contribution in [1.29, 1.82) is 0 Å². The fourth-order valence-corrected chi connectivity index (χ4v) is 15.5. The number of carbonyl (C=O) groups excluding carboxylic acids is 8. The van der Waals surface area contributed by atoms with Gasteiger partial charge in [-0.1, -0.05) is 88.4 Å². The van der Waals surface area contributed by atoms with Crippen molar-refractivity contribution >= 4 is 71.2 Å². The third-order valence-electron chi connectivity index (χ3n) is 17.0. The Bertz CT molecular complexity index is 2670. The van der Waals surface area contributed by atoms with Crippen molar-refractivity contribution in [2.45, 2.75) is 204 Å². The molecule has 20 nitrogen and oxygen atoms in total. The van der Waals surface area contributed by atoms with E-state index in [2.05, 4.69) is 21.3 Å². The highest BCUT2D eigenvalue weighted by molar-refractivity contribution is 8.00. The van der Waals surface area contributed by atoms with Gasteiger partial charge in [0.2, 0.25) is 35.4 Å². The van der Waals surface area contributed by atoms with Gasteiger partial charge in [0.1, 0.15) is 47.5 Å². The number of amides is 8. The number of ether oxygens (including phenoxy) is 4. The van der Waals surface area contributed by atoms with E-state index >= 15 is 0 Å². The molecule has 0 spiro atoms. The Kier molecular flexibility index (Phi) is 19.6. The SMILES string of the molecule is C[C@@H](C(=O)N[C@H]1CCS[C@H]2CC(C)(C)[C@@H](C(=O)N[C@H]3c4ccccc4C[C@H]3OC/C=C/CO[C@@H]3Cc4ccccc4[C@@H]3NC(=O)[C@H]3N4C(=O)[C@@H](NC(=O)[C@H](C)N(C)C(=O)OC(C)(C)C)CCS[C@H]4CC3(C)C)N2C1=O)N(C)C(=O)OC(C)(C)C.